The van der Waals surface area contributed by atoms with Crippen LogP contribution in [-0.2, 0) is 6.54 Å². The fourth-order valence-corrected chi connectivity index (χ4v) is 5.40. The number of carbonyl (C=O) groups is 1. The number of nitrogen functional groups attached to an aromatic ring is 1. The lowest BCUT2D eigenvalue weighted by Gasteiger charge is -2.36. The summed E-state index contributed by atoms with van der Waals surface area (Å²) >= 11 is 1.09. The summed E-state index contributed by atoms with van der Waals surface area (Å²) in [6.45, 7) is 4.45. The van der Waals surface area contributed by atoms with Crippen LogP contribution in [0.5, 0.6) is 0 Å². The fourth-order valence-electron chi connectivity index (χ4n) is 4.46. The molecule has 1 fully saturated rings. The number of nitrogens with zero attached hydrogens (tertiary/aromatic N) is 7. The molecule has 6 rings (SSSR count). The number of thiazole rings is 1. The molecule has 1 saturated heterocycles. The Labute approximate surface area is 208 Å². The van der Waals surface area contributed by atoms with E-state index in [9.17, 15) is 9.59 Å². The van der Waals surface area contributed by atoms with Gasteiger partial charge < -0.3 is 20.8 Å². The summed E-state index contributed by atoms with van der Waals surface area (Å²) in [7, 11) is 0. The van der Waals surface area contributed by atoms with Crippen LogP contribution in [0.4, 0.5) is 11.6 Å². The number of piperazine rings is 1. The maximum Gasteiger partial charge on any atom is 0.309 e. The van der Waals surface area contributed by atoms with Gasteiger partial charge in [-0.2, -0.15) is 9.50 Å². The zero-order valence-corrected chi connectivity index (χ0v) is 20.0. The van der Waals surface area contributed by atoms with Crippen LogP contribution in [0.2, 0.25) is 0 Å². The first kappa shape index (κ1) is 22.2. The molecule has 0 radical (unpaired) electrons. The highest BCUT2D eigenvalue weighted by Gasteiger charge is 2.21. The van der Waals surface area contributed by atoms with E-state index in [1.807, 2.05) is 18.2 Å². The van der Waals surface area contributed by atoms with Crippen LogP contribution in [0, 0.1) is 0 Å². The number of rotatable bonds is 6. The third-order valence-corrected chi connectivity index (χ3v) is 7.33. The number of anilines is 2. The highest BCUT2D eigenvalue weighted by molar-refractivity contribution is 7.17. The molecule has 0 aliphatic carbocycles. The van der Waals surface area contributed by atoms with Gasteiger partial charge in [0.05, 0.1) is 6.26 Å². The minimum Gasteiger partial charge on any atom is -0.461 e. The fraction of sp³-hybridized carbons (Fsp3) is 0.261. The van der Waals surface area contributed by atoms with Gasteiger partial charge in [0.15, 0.2) is 17.1 Å². The number of fused-ring (bicyclic) bond motifs is 3. The molecule has 0 unspecified atom stereocenters. The van der Waals surface area contributed by atoms with E-state index >= 15 is 0 Å². The molecular formula is C23H23N9O3S. The number of hydrogen-bond donors (Lipinski definition) is 2. The molecular weight excluding hydrogens is 482 g/mol. The first-order chi connectivity index (χ1) is 17.5. The van der Waals surface area contributed by atoms with Crippen molar-refractivity contribution in [1.82, 2.24) is 29.0 Å². The molecule has 4 aromatic heterocycles. The monoisotopic (exact) mass is 505 g/mol. The number of amides is 1. The van der Waals surface area contributed by atoms with Crippen molar-refractivity contribution in [1.29, 1.82) is 0 Å². The van der Waals surface area contributed by atoms with Gasteiger partial charge in [0, 0.05) is 50.5 Å². The molecule has 13 heteroatoms. The Kier molecular flexibility index (Phi) is 5.42. The van der Waals surface area contributed by atoms with Crippen molar-refractivity contribution in [3.8, 4) is 11.6 Å². The van der Waals surface area contributed by atoms with E-state index in [2.05, 4.69) is 24.9 Å². The zero-order valence-electron chi connectivity index (χ0n) is 19.2. The van der Waals surface area contributed by atoms with Gasteiger partial charge in [-0.05, 0) is 30.3 Å². The molecule has 1 aliphatic heterocycles. The highest BCUT2D eigenvalue weighted by atomic mass is 32.1. The summed E-state index contributed by atoms with van der Waals surface area (Å²) in [6.07, 6.45) is 1.55. The summed E-state index contributed by atoms with van der Waals surface area (Å²) in [5.41, 5.74) is 14.1. The van der Waals surface area contributed by atoms with Crippen molar-refractivity contribution >= 4 is 44.9 Å². The van der Waals surface area contributed by atoms with Crippen molar-refractivity contribution < 1.29 is 9.21 Å². The molecule has 4 N–H and O–H groups in total. The van der Waals surface area contributed by atoms with Crippen LogP contribution < -0.4 is 21.2 Å². The second-order valence-corrected chi connectivity index (χ2v) is 9.50. The number of nitrogens with two attached hydrogens (primary N) is 2. The van der Waals surface area contributed by atoms with Crippen LogP contribution in [0.1, 0.15) is 10.4 Å². The highest BCUT2D eigenvalue weighted by Crippen LogP contribution is 2.25. The predicted octanol–water partition coefficient (Wildman–Crippen LogP) is 1.26. The normalized spacial score (nSPS) is 14.7. The van der Waals surface area contributed by atoms with Crippen molar-refractivity contribution in [2.75, 3.05) is 43.4 Å². The number of carbonyl (C=O) groups excluding carboxylic acids is 1. The Morgan fingerprint density at radius 2 is 1.89 bits per heavy atom. The van der Waals surface area contributed by atoms with Crippen LogP contribution in [0.25, 0.3) is 27.6 Å². The second kappa shape index (κ2) is 8.77. The van der Waals surface area contributed by atoms with E-state index in [1.165, 1.54) is 4.52 Å². The minimum atomic E-state index is -0.432. The first-order valence-corrected chi connectivity index (χ1v) is 12.3. The van der Waals surface area contributed by atoms with Crippen molar-refractivity contribution in [3.63, 3.8) is 0 Å². The molecule has 1 amide bonds. The van der Waals surface area contributed by atoms with Crippen LogP contribution in [0.15, 0.2) is 51.9 Å². The SMILES string of the molecule is NC(=O)c1cccc(N2CCN(CCn3c(=O)sc4c3nc(N)n3nc(-c5ccco5)nc43)CC2)c1. The molecule has 0 atom stereocenters. The van der Waals surface area contributed by atoms with Gasteiger partial charge in [0.1, 0.15) is 4.70 Å². The topological polar surface area (TPSA) is 154 Å². The summed E-state index contributed by atoms with van der Waals surface area (Å²) in [5, 5.41) is 4.39. The Bertz CT molecular complexity index is 1630. The van der Waals surface area contributed by atoms with Crippen LogP contribution >= 0.6 is 11.3 Å². The Morgan fingerprint density at radius 1 is 1.06 bits per heavy atom. The Morgan fingerprint density at radius 3 is 2.64 bits per heavy atom. The maximum atomic E-state index is 12.9. The van der Waals surface area contributed by atoms with E-state index in [0.29, 0.717) is 46.2 Å². The lowest BCUT2D eigenvalue weighted by atomic mass is 10.1. The Balaban J connectivity index is 1.19. The lowest BCUT2D eigenvalue weighted by molar-refractivity contribution is 0.100. The Hall–Kier alpha value is -4.23. The number of benzene rings is 1. The molecule has 12 nitrogen and oxygen atoms in total. The molecule has 5 aromatic rings. The average molecular weight is 506 g/mol. The third kappa shape index (κ3) is 3.87. The smallest absolute Gasteiger partial charge is 0.309 e. The van der Waals surface area contributed by atoms with Crippen molar-refractivity contribution in [3.05, 3.63) is 57.9 Å². The van der Waals surface area contributed by atoms with Gasteiger partial charge >= 0.3 is 4.87 Å². The summed E-state index contributed by atoms with van der Waals surface area (Å²) in [4.78, 5) is 37.8. The molecule has 184 valence electrons. The minimum absolute atomic E-state index is 0.116. The molecule has 0 spiro atoms. The maximum absolute atomic E-state index is 12.9. The lowest BCUT2D eigenvalue weighted by Crippen LogP contribution is -2.47. The molecule has 0 saturated carbocycles. The van der Waals surface area contributed by atoms with E-state index in [-0.39, 0.29) is 10.8 Å². The van der Waals surface area contributed by atoms with E-state index in [4.69, 9.17) is 15.9 Å². The van der Waals surface area contributed by atoms with Crippen molar-refractivity contribution in [2.24, 2.45) is 5.73 Å². The number of aromatic nitrogens is 5. The van der Waals surface area contributed by atoms with Crippen molar-refractivity contribution in [2.45, 2.75) is 6.54 Å². The van der Waals surface area contributed by atoms with Crippen LogP contribution in [-0.4, -0.2) is 67.7 Å². The van der Waals surface area contributed by atoms with E-state index in [1.54, 1.807) is 29.0 Å². The molecule has 1 aliphatic rings. The number of hydrogen-bond acceptors (Lipinski definition) is 10. The van der Waals surface area contributed by atoms with Gasteiger partial charge in [-0.3, -0.25) is 19.1 Å². The first-order valence-electron chi connectivity index (χ1n) is 11.4. The quantitative estimate of drug-likeness (QED) is 0.347. The van der Waals surface area contributed by atoms with Gasteiger partial charge in [0.2, 0.25) is 17.7 Å². The molecule has 0 bridgehead atoms. The van der Waals surface area contributed by atoms with Gasteiger partial charge in [-0.25, -0.2) is 4.98 Å². The van der Waals surface area contributed by atoms with Gasteiger partial charge in [0.25, 0.3) is 0 Å². The predicted molar refractivity (Wildman–Crippen MR) is 136 cm³/mol. The van der Waals surface area contributed by atoms with E-state index < -0.39 is 5.91 Å². The number of primary amides is 1. The second-order valence-electron chi connectivity index (χ2n) is 8.53. The third-order valence-electron chi connectivity index (χ3n) is 6.37. The zero-order chi connectivity index (χ0) is 24.8. The standard InChI is InChI=1S/C23H23N9O3S/c24-18(33)14-3-1-4-15(13-14)30-9-6-29(7-10-30)8-11-31-20-17(36-23(31)34)21-26-19(16-5-2-12-35-16)28-32(21)22(25)27-20/h1-5,12-13H,6-11H2,(H2,24,33)(H2,25,27). The summed E-state index contributed by atoms with van der Waals surface area (Å²) in [5.74, 6) is 0.617. The molecule has 5 heterocycles. The number of furan rings is 1. The van der Waals surface area contributed by atoms with Crippen LogP contribution in [0.3, 0.4) is 0 Å². The van der Waals surface area contributed by atoms with E-state index in [0.717, 1.165) is 43.2 Å². The molecule has 36 heavy (non-hydrogen) atoms. The van der Waals surface area contributed by atoms with Gasteiger partial charge in [-0.15, -0.1) is 5.10 Å². The summed E-state index contributed by atoms with van der Waals surface area (Å²) in [6, 6.07) is 10.9. The summed E-state index contributed by atoms with van der Waals surface area (Å²) < 4.78 is 9.12. The molecule has 1 aromatic carbocycles. The average Bonchev–Trinajstić information content (AvgIpc) is 3.63. The van der Waals surface area contributed by atoms with Gasteiger partial charge in [-0.1, -0.05) is 17.4 Å². The largest absolute Gasteiger partial charge is 0.461 e.